The van der Waals surface area contributed by atoms with Crippen molar-refractivity contribution in [2.45, 2.75) is 38.3 Å². The summed E-state index contributed by atoms with van der Waals surface area (Å²) in [5, 5.41) is 3.59. The highest BCUT2D eigenvalue weighted by Gasteiger charge is 2.28. The highest BCUT2D eigenvalue weighted by Crippen LogP contribution is 2.26. The SMILES string of the molecule is Fc1ccc(CN2CCC(C3CCCN3)CC2)c(F)c1. The Labute approximate surface area is 119 Å². The molecular weight excluding hydrogens is 258 g/mol. The third-order valence-corrected chi connectivity index (χ3v) is 4.71. The van der Waals surface area contributed by atoms with Gasteiger partial charge in [-0.2, -0.15) is 0 Å². The molecule has 0 bridgehead atoms. The van der Waals surface area contributed by atoms with E-state index in [2.05, 4.69) is 10.2 Å². The zero-order valence-corrected chi connectivity index (χ0v) is 11.7. The van der Waals surface area contributed by atoms with Crippen LogP contribution in [0.5, 0.6) is 0 Å². The Bertz CT molecular complexity index is 450. The lowest BCUT2D eigenvalue weighted by molar-refractivity contribution is 0.156. The third-order valence-electron chi connectivity index (χ3n) is 4.71. The van der Waals surface area contributed by atoms with E-state index in [0.717, 1.165) is 31.6 Å². The van der Waals surface area contributed by atoms with Crippen LogP contribution in [0.1, 0.15) is 31.2 Å². The highest BCUT2D eigenvalue weighted by atomic mass is 19.1. The molecule has 1 atom stereocenters. The van der Waals surface area contributed by atoms with Gasteiger partial charge in [0.05, 0.1) is 0 Å². The molecule has 0 spiro atoms. The molecule has 20 heavy (non-hydrogen) atoms. The minimum atomic E-state index is -0.503. The van der Waals surface area contributed by atoms with Crippen molar-refractivity contribution in [3.8, 4) is 0 Å². The number of likely N-dealkylation sites (tertiary alicyclic amines) is 1. The number of hydrogen-bond acceptors (Lipinski definition) is 2. The molecular formula is C16H22F2N2. The maximum atomic E-state index is 13.7. The van der Waals surface area contributed by atoms with Crippen LogP contribution in [0.25, 0.3) is 0 Å². The number of halogens is 2. The maximum Gasteiger partial charge on any atom is 0.130 e. The van der Waals surface area contributed by atoms with E-state index in [0.29, 0.717) is 18.2 Å². The second-order valence-electron chi connectivity index (χ2n) is 6.05. The smallest absolute Gasteiger partial charge is 0.130 e. The van der Waals surface area contributed by atoms with E-state index in [1.807, 2.05) is 0 Å². The highest BCUT2D eigenvalue weighted by molar-refractivity contribution is 5.18. The number of benzene rings is 1. The number of nitrogens with one attached hydrogen (secondary N) is 1. The van der Waals surface area contributed by atoms with Crippen LogP contribution in [0.3, 0.4) is 0 Å². The van der Waals surface area contributed by atoms with Crippen LogP contribution in [0.15, 0.2) is 18.2 Å². The molecule has 2 fully saturated rings. The molecule has 2 aliphatic heterocycles. The summed E-state index contributed by atoms with van der Waals surface area (Å²) in [5.74, 6) is -0.159. The fourth-order valence-corrected chi connectivity index (χ4v) is 3.52. The maximum absolute atomic E-state index is 13.7. The second kappa shape index (κ2) is 6.19. The van der Waals surface area contributed by atoms with Gasteiger partial charge in [-0.25, -0.2) is 8.78 Å². The average molecular weight is 280 g/mol. The lowest BCUT2D eigenvalue weighted by Gasteiger charge is -2.35. The van der Waals surface area contributed by atoms with E-state index in [1.165, 1.54) is 31.7 Å². The van der Waals surface area contributed by atoms with E-state index < -0.39 is 11.6 Å². The van der Waals surface area contributed by atoms with Gasteiger partial charge in [0.2, 0.25) is 0 Å². The minimum absolute atomic E-state index is 0.426. The lowest BCUT2D eigenvalue weighted by Crippen LogP contribution is -2.40. The van der Waals surface area contributed by atoms with Crippen molar-refractivity contribution in [2.75, 3.05) is 19.6 Å². The molecule has 2 heterocycles. The van der Waals surface area contributed by atoms with Crippen molar-refractivity contribution in [1.29, 1.82) is 0 Å². The van der Waals surface area contributed by atoms with Crippen LogP contribution in [0, 0.1) is 17.6 Å². The third kappa shape index (κ3) is 3.18. The summed E-state index contributed by atoms with van der Waals surface area (Å²) in [4.78, 5) is 2.28. The molecule has 0 amide bonds. The average Bonchev–Trinajstić information content (AvgIpc) is 2.97. The van der Waals surface area contributed by atoms with Gasteiger partial charge in [-0.3, -0.25) is 4.90 Å². The van der Waals surface area contributed by atoms with Crippen molar-refractivity contribution in [2.24, 2.45) is 5.92 Å². The summed E-state index contributed by atoms with van der Waals surface area (Å²) >= 11 is 0. The van der Waals surface area contributed by atoms with E-state index >= 15 is 0 Å². The Kier molecular flexibility index (Phi) is 4.32. The standard InChI is InChI=1S/C16H22F2N2/c17-14-4-3-13(15(18)10-14)11-20-8-5-12(6-9-20)16-2-1-7-19-16/h3-4,10,12,16,19H,1-2,5-9,11H2. The van der Waals surface area contributed by atoms with Crippen LogP contribution in [0.4, 0.5) is 8.78 Å². The first-order valence-electron chi connectivity index (χ1n) is 7.62. The fourth-order valence-electron chi connectivity index (χ4n) is 3.52. The minimum Gasteiger partial charge on any atom is -0.314 e. The molecule has 0 saturated carbocycles. The molecule has 2 aliphatic rings. The van der Waals surface area contributed by atoms with Crippen molar-refractivity contribution in [1.82, 2.24) is 10.2 Å². The number of piperidine rings is 1. The first-order valence-corrected chi connectivity index (χ1v) is 7.62. The largest absolute Gasteiger partial charge is 0.314 e. The zero-order valence-electron chi connectivity index (χ0n) is 11.7. The van der Waals surface area contributed by atoms with Crippen LogP contribution >= 0.6 is 0 Å². The fraction of sp³-hybridized carbons (Fsp3) is 0.625. The molecule has 1 N–H and O–H groups in total. The van der Waals surface area contributed by atoms with Gasteiger partial charge in [0, 0.05) is 24.2 Å². The topological polar surface area (TPSA) is 15.3 Å². The molecule has 110 valence electrons. The van der Waals surface area contributed by atoms with Crippen molar-refractivity contribution in [3.05, 3.63) is 35.4 Å². The Hall–Kier alpha value is -1.00. The molecule has 0 aliphatic carbocycles. The van der Waals surface area contributed by atoms with Crippen LogP contribution in [-0.4, -0.2) is 30.6 Å². The normalized spacial score (nSPS) is 25.2. The van der Waals surface area contributed by atoms with Gasteiger partial charge in [0.25, 0.3) is 0 Å². The van der Waals surface area contributed by atoms with E-state index in [-0.39, 0.29) is 0 Å². The summed E-state index contributed by atoms with van der Waals surface area (Å²) in [6.45, 7) is 3.78. The second-order valence-corrected chi connectivity index (χ2v) is 6.05. The number of nitrogens with zero attached hydrogens (tertiary/aromatic N) is 1. The molecule has 0 radical (unpaired) electrons. The number of rotatable bonds is 3. The van der Waals surface area contributed by atoms with Gasteiger partial charge < -0.3 is 5.32 Å². The zero-order chi connectivity index (χ0) is 13.9. The van der Waals surface area contributed by atoms with Crippen molar-refractivity contribution >= 4 is 0 Å². The molecule has 4 heteroatoms. The van der Waals surface area contributed by atoms with Crippen molar-refractivity contribution in [3.63, 3.8) is 0 Å². The molecule has 1 aromatic rings. The molecule has 2 saturated heterocycles. The quantitative estimate of drug-likeness (QED) is 0.916. The summed E-state index contributed by atoms with van der Waals surface area (Å²) in [6.07, 6.45) is 4.96. The monoisotopic (exact) mass is 280 g/mol. The Morgan fingerprint density at radius 3 is 2.60 bits per heavy atom. The molecule has 2 nitrogen and oxygen atoms in total. The van der Waals surface area contributed by atoms with Crippen LogP contribution < -0.4 is 5.32 Å². The van der Waals surface area contributed by atoms with Gasteiger partial charge in [0.1, 0.15) is 11.6 Å². The first kappa shape index (κ1) is 14.0. The molecule has 1 unspecified atom stereocenters. The number of hydrogen-bond donors (Lipinski definition) is 1. The van der Waals surface area contributed by atoms with Crippen LogP contribution in [0.2, 0.25) is 0 Å². The summed E-state index contributed by atoms with van der Waals surface area (Å²) < 4.78 is 26.5. The molecule has 0 aromatic heterocycles. The van der Waals surface area contributed by atoms with Gasteiger partial charge >= 0.3 is 0 Å². The lowest BCUT2D eigenvalue weighted by atomic mass is 9.88. The van der Waals surface area contributed by atoms with E-state index in [4.69, 9.17) is 0 Å². The van der Waals surface area contributed by atoms with E-state index in [9.17, 15) is 8.78 Å². The van der Waals surface area contributed by atoms with E-state index in [1.54, 1.807) is 6.07 Å². The molecule has 1 aromatic carbocycles. The van der Waals surface area contributed by atoms with Gasteiger partial charge in [-0.15, -0.1) is 0 Å². The van der Waals surface area contributed by atoms with Gasteiger partial charge in [-0.05, 0) is 57.3 Å². The van der Waals surface area contributed by atoms with Gasteiger partial charge in [0.15, 0.2) is 0 Å². The van der Waals surface area contributed by atoms with Crippen molar-refractivity contribution < 1.29 is 8.78 Å². The summed E-state index contributed by atoms with van der Waals surface area (Å²) in [7, 11) is 0. The summed E-state index contributed by atoms with van der Waals surface area (Å²) in [5.41, 5.74) is 0.601. The van der Waals surface area contributed by atoms with Crippen LogP contribution in [-0.2, 0) is 6.54 Å². The predicted octanol–water partition coefficient (Wildman–Crippen LogP) is 2.93. The Balaban J connectivity index is 1.53. The summed E-state index contributed by atoms with van der Waals surface area (Å²) in [6, 6.07) is 4.58. The predicted molar refractivity (Wildman–Crippen MR) is 75.4 cm³/mol. The molecule has 3 rings (SSSR count). The Morgan fingerprint density at radius 2 is 1.95 bits per heavy atom. The first-order chi connectivity index (χ1) is 9.72. The Morgan fingerprint density at radius 1 is 1.15 bits per heavy atom. The van der Waals surface area contributed by atoms with Gasteiger partial charge in [-0.1, -0.05) is 6.07 Å².